The molecule has 4 heteroatoms. The second-order valence-corrected chi connectivity index (χ2v) is 6.74. The molecular formula is C10H15NS3. The molecule has 2 heterocycles. The molecule has 1 aromatic heterocycles. The van der Waals surface area contributed by atoms with Crippen LogP contribution in [0.25, 0.3) is 0 Å². The van der Waals surface area contributed by atoms with Gasteiger partial charge in [-0.3, -0.25) is 0 Å². The van der Waals surface area contributed by atoms with Gasteiger partial charge in [-0.25, -0.2) is 0 Å². The molecule has 0 amide bonds. The van der Waals surface area contributed by atoms with Gasteiger partial charge in [-0.05, 0) is 18.5 Å². The first kappa shape index (κ1) is 10.9. The maximum Gasteiger partial charge on any atom is 0.0540 e. The van der Waals surface area contributed by atoms with E-state index in [-0.39, 0.29) is 0 Å². The van der Waals surface area contributed by atoms with Gasteiger partial charge in [0, 0.05) is 27.4 Å². The van der Waals surface area contributed by atoms with E-state index in [9.17, 15) is 0 Å². The first-order valence-corrected chi connectivity index (χ1v) is 7.90. The van der Waals surface area contributed by atoms with Crippen molar-refractivity contribution in [1.29, 1.82) is 0 Å². The normalized spacial score (nSPS) is 24.8. The Hall–Kier alpha value is 0.360. The number of thiophene rings is 1. The predicted octanol–water partition coefficient (Wildman–Crippen LogP) is 2.86. The van der Waals surface area contributed by atoms with Gasteiger partial charge in [-0.1, -0.05) is 6.07 Å². The van der Waals surface area contributed by atoms with Gasteiger partial charge in [0.05, 0.1) is 6.04 Å². The third-order valence-corrected chi connectivity index (χ3v) is 6.19. The van der Waals surface area contributed by atoms with E-state index in [2.05, 4.69) is 53.4 Å². The fourth-order valence-corrected chi connectivity index (χ4v) is 5.56. The van der Waals surface area contributed by atoms with Gasteiger partial charge < -0.3 is 5.32 Å². The Bertz CT molecular complexity index is 254. The smallest absolute Gasteiger partial charge is 0.0540 e. The van der Waals surface area contributed by atoms with E-state index in [0.717, 1.165) is 5.25 Å². The van der Waals surface area contributed by atoms with Gasteiger partial charge in [0.15, 0.2) is 0 Å². The van der Waals surface area contributed by atoms with Crippen LogP contribution in [0.1, 0.15) is 10.9 Å². The molecule has 0 radical (unpaired) electrons. The molecule has 1 aliphatic heterocycles. The van der Waals surface area contributed by atoms with Crippen molar-refractivity contribution < 1.29 is 0 Å². The van der Waals surface area contributed by atoms with Crippen molar-refractivity contribution in [3.05, 3.63) is 22.4 Å². The highest BCUT2D eigenvalue weighted by atomic mass is 32.2. The summed E-state index contributed by atoms with van der Waals surface area (Å²) in [6.45, 7) is 0. The fraction of sp³-hybridized carbons (Fsp3) is 0.600. The lowest BCUT2D eigenvalue weighted by atomic mass is 10.2. The predicted molar refractivity (Wildman–Crippen MR) is 69.7 cm³/mol. The molecule has 0 bridgehead atoms. The Morgan fingerprint density at radius 3 is 3.00 bits per heavy atom. The minimum Gasteiger partial charge on any atom is -0.311 e. The van der Waals surface area contributed by atoms with Gasteiger partial charge in [-0.15, -0.1) is 11.3 Å². The zero-order valence-corrected chi connectivity index (χ0v) is 10.7. The average molecular weight is 245 g/mol. The summed E-state index contributed by atoms with van der Waals surface area (Å²) < 4.78 is 0. The minimum atomic E-state index is 0.549. The zero-order chi connectivity index (χ0) is 9.80. The summed E-state index contributed by atoms with van der Waals surface area (Å²) >= 11 is 6.07. The molecule has 1 N–H and O–H groups in total. The highest BCUT2D eigenvalue weighted by molar-refractivity contribution is 8.06. The first-order valence-electron chi connectivity index (χ1n) is 4.82. The van der Waals surface area contributed by atoms with E-state index in [4.69, 9.17) is 0 Å². The Balaban J connectivity index is 2.04. The SMILES string of the molecule is CNC(c1cccs1)C1CSCCS1. The van der Waals surface area contributed by atoms with Crippen LogP contribution in [0, 0.1) is 0 Å². The van der Waals surface area contributed by atoms with Crippen molar-refractivity contribution in [2.45, 2.75) is 11.3 Å². The minimum absolute atomic E-state index is 0.549. The van der Waals surface area contributed by atoms with Crippen LogP contribution in [0.5, 0.6) is 0 Å². The molecule has 1 aliphatic rings. The molecule has 14 heavy (non-hydrogen) atoms. The molecule has 2 atom stereocenters. The quantitative estimate of drug-likeness (QED) is 0.879. The van der Waals surface area contributed by atoms with Gasteiger partial charge in [0.2, 0.25) is 0 Å². The average Bonchev–Trinajstić information content (AvgIpc) is 2.74. The lowest BCUT2D eigenvalue weighted by Crippen LogP contribution is -2.30. The standard InChI is InChI=1S/C10H15NS3/c1-11-10(8-3-2-4-13-8)9-7-12-5-6-14-9/h2-4,9-11H,5-7H2,1H3. The molecule has 1 saturated heterocycles. The summed E-state index contributed by atoms with van der Waals surface area (Å²) in [5, 5.41) is 6.36. The summed E-state index contributed by atoms with van der Waals surface area (Å²) in [6.07, 6.45) is 0. The van der Waals surface area contributed by atoms with Crippen molar-refractivity contribution in [1.82, 2.24) is 5.32 Å². The Morgan fingerprint density at radius 1 is 1.50 bits per heavy atom. The molecule has 0 aromatic carbocycles. The molecule has 1 fully saturated rings. The topological polar surface area (TPSA) is 12.0 Å². The number of thioether (sulfide) groups is 2. The first-order chi connectivity index (χ1) is 6.92. The van der Waals surface area contributed by atoms with Gasteiger partial charge in [0.25, 0.3) is 0 Å². The van der Waals surface area contributed by atoms with Crippen LogP contribution < -0.4 is 5.32 Å². The van der Waals surface area contributed by atoms with Gasteiger partial charge in [0.1, 0.15) is 0 Å². The van der Waals surface area contributed by atoms with Gasteiger partial charge >= 0.3 is 0 Å². The van der Waals surface area contributed by atoms with E-state index in [0.29, 0.717) is 6.04 Å². The van der Waals surface area contributed by atoms with Crippen molar-refractivity contribution >= 4 is 34.9 Å². The molecule has 0 aliphatic carbocycles. The number of hydrogen-bond acceptors (Lipinski definition) is 4. The highest BCUT2D eigenvalue weighted by Crippen LogP contribution is 2.34. The summed E-state index contributed by atoms with van der Waals surface area (Å²) in [6, 6.07) is 4.93. The largest absolute Gasteiger partial charge is 0.311 e. The lowest BCUT2D eigenvalue weighted by molar-refractivity contribution is 0.602. The van der Waals surface area contributed by atoms with E-state index >= 15 is 0 Å². The third-order valence-electron chi connectivity index (χ3n) is 2.37. The summed E-state index contributed by atoms with van der Waals surface area (Å²) in [4.78, 5) is 1.48. The Labute approximate surface area is 98.1 Å². The van der Waals surface area contributed by atoms with Crippen LogP contribution in [0.4, 0.5) is 0 Å². The van der Waals surface area contributed by atoms with Crippen molar-refractivity contribution in [2.75, 3.05) is 24.3 Å². The van der Waals surface area contributed by atoms with Crippen LogP contribution in [-0.4, -0.2) is 29.6 Å². The summed E-state index contributed by atoms with van der Waals surface area (Å²) in [5.74, 6) is 3.91. The van der Waals surface area contributed by atoms with Crippen LogP contribution >= 0.6 is 34.9 Å². The Morgan fingerprint density at radius 2 is 2.43 bits per heavy atom. The maximum atomic E-state index is 3.45. The number of hydrogen-bond donors (Lipinski definition) is 1. The van der Waals surface area contributed by atoms with E-state index in [1.807, 2.05) is 11.3 Å². The molecule has 0 saturated carbocycles. The van der Waals surface area contributed by atoms with Crippen LogP contribution in [0.3, 0.4) is 0 Å². The number of nitrogens with one attached hydrogen (secondary N) is 1. The van der Waals surface area contributed by atoms with Crippen molar-refractivity contribution in [3.8, 4) is 0 Å². The summed E-state index contributed by atoms with van der Waals surface area (Å²) in [7, 11) is 2.07. The zero-order valence-electron chi connectivity index (χ0n) is 8.23. The van der Waals surface area contributed by atoms with Crippen LogP contribution in [-0.2, 0) is 0 Å². The van der Waals surface area contributed by atoms with E-state index < -0.39 is 0 Å². The molecule has 1 aromatic rings. The van der Waals surface area contributed by atoms with Crippen LogP contribution in [0.15, 0.2) is 17.5 Å². The highest BCUT2D eigenvalue weighted by Gasteiger charge is 2.25. The van der Waals surface area contributed by atoms with Crippen molar-refractivity contribution in [3.63, 3.8) is 0 Å². The molecule has 0 spiro atoms. The number of rotatable bonds is 3. The van der Waals surface area contributed by atoms with Crippen molar-refractivity contribution in [2.24, 2.45) is 0 Å². The van der Waals surface area contributed by atoms with E-state index in [1.54, 1.807) is 0 Å². The molecule has 2 unspecified atom stereocenters. The maximum absolute atomic E-state index is 3.45. The molecule has 1 nitrogen and oxygen atoms in total. The molecular weight excluding hydrogens is 230 g/mol. The fourth-order valence-electron chi connectivity index (χ4n) is 1.68. The molecule has 2 rings (SSSR count). The van der Waals surface area contributed by atoms with Gasteiger partial charge in [-0.2, -0.15) is 23.5 Å². The molecule has 78 valence electrons. The van der Waals surface area contributed by atoms with E-state index in [1.165, 1.54) is 22.1 Å². The second kappa shape index (κ2) is 5.45. The third kappa shape index (κ3) is 2.48. The van der Waals surface area contributed by atoms with Crippen LogP contribution in [0.2, 0.25) is 0 Å². The Kier molecular flexibility index (Phi) is 4.23. The summed E-state index contributed by atoms with van der Waals surface area (Å²) in [5.41, 5.74) is 0. The second-order valence-electron chi connectivity index (χ2n) is 3.27. The lowest BCUT2D eigenvalue weighted by Gasteiger charge is -2.28. The monoisotopic (exact) mass is 245 g/mol.